The summed E-state index contributed by atoms with van der Waals surface area (Å²) in [7, 11) is 0. The van der Waals surface area contributed by atoms with Crippen molar-refractivity contribution in [1.29, 1.82) is 0 Å². The lowest BCUT2D eigenvalue weighted by Crippen LogP contribution is -2.51. The number of aryl methyl sites for hydroxylation is 2. The van der Waals surface area contributed by atoms with E-state index in [9.17, 15) is 0 Å². The molecule has 2 aliphatic rings. The molecule has 21 heavy (non-hydrogen) atoms. The molecule has 114 valence electrons. The fourth-order valence-corrected chi connectivity index (χ4v) is 5.71. The lowest BCUT2D eigenvalue weighted by Gasteiger charge is -2.43. The van der Waals surface area contributed by atoms with Crippen LogP contribution in [0, 0.1) is 13.8 Å². The fraction of sp³-hybridized carbons (Fsp3) is 0.667. The zero-order chi connectivity index (χ0) is 14.4. The van der Waals surface area contributed by atoms with Gasteiger partial charge in [0.1, 0.15) is 0 Å². The van der Waals surface area contributed by atoms with Crippen molar-refractivity contribution in [2.24, 2.45) is 0 Å². The van der Waals surface area contributed by atoms with Crippen molar-refractivity contribution in [3.05, 3.63) is 22.5 Å². The first kappa shape index (κ1) is 14.1. The van der Waals surface area contributed by atoms with Crippen LogP contribution in [0.15, 0.2) is 6.20 Å². The molecule has 0 spiro atoms. The van der Waals surface area contributed by atoms with E-state index in [1.54, 1.807) is 11.3 Å². The van der Waals surface area contributed by atoms with Crippen LogP contribution >= 0.6 is 23.1 Å². The number of hydrogen-bond donors (Lipinski definition) is 0. The van der Waals surface area contributed by atoms with Crippen LogP contribution in [0.3, 0.4) is 0 Å². The molecule has 0 saturated carbocycles. The van der Waals surface area contributed by atoms with E-state index < -0.39 is 0 Å². The van der Waals surface area contributed by atoms with Gasteiger partial charge in [-0.3, -0.25) is 9.30 Å². The van der Waals surface area contributed by atoms with Gasteiger partial charge < -0.3 is 4.74 Å². The molecule has 0 N–H and O–H groups in total. The quantitative estimate of drug-likeness (QED) is 0.850. The van der Waals surface area contributed by atoms with Crippen molar-refractivity contribution in [2.75, 3.05) is 25.5 Å². The number of fused-ring (bicyclic) bond motifs is 2. The van der Waals surface area contributed by atoms with Crippen LogP contribution in [0.5, 0.6) is 0 Å². The first-order valence-electron chi connectivity index (χ1n) is 7.60. The van der Waals surface area contributed by atoms with Gasteiger partial charge in [-0.15, -0.1) is 11.3 Å². The molecule has 0 bridgehead atoms. The van der Waals surface area contributed by atoms with Crippen molar-refractivity contribution in [3.63, 3.8) is 0 Å². The largest absolute Gasteiger partial charge is 0.380 e. The first-order valence-corrected chi connectivity index (χ1v) is 9.46. The molecular weight excluding hydrogens is 302 g/mol. The average molecular weight is 323 g/mol. The number of hydrogen-bond acceptors (Lipinski definition) is 5. The Kier molecular flexibility index (Phi) is 3.73. The highest BCUT2D eigenvalue weighted by Crippen LogP contribution is 2.32. The van der Waals surface area contributed by atoms with E-state index in [1.165, 1.54) is 35.0 Å². The highest BCUT2D eigenvalue weighted by Gasteiger charge is 2.35. The van der Waals surface area contributed by atoms with E-state index in [2.05, 4.69) is 41.1 Å². The summed E-state index contributed by atoms with van der Waals surface area (Å²) in [6, 6.07) is 0.669. The van der Waals surface area contributed by atoms with Crippen LogP contribution in [-0.4, -0.2) is 51.1 Å². The maximum Gasteiger partial charge on any atom is 0.194 e. The summed E-state index contributed by atoms with van der Waals surface area (Å²) < 4.78 is 7.95. The lowest BCUT2D eigenvalue weighted by atomic mass is 10.1. The molecule has 0 amide bonds. The number of ether oxygens (including phenoxy) is 1. The van der Waals surface area contributed by atoms with Crippen molar-refractivity contribution in [1.82, 2.24) is 14.3 Å². The van der Waals surface area contributed by atoms with E-state index in [0.717, 1.165) is 24.7 Å². The zero-order valence-corrected chi connectivity index (χ0v) is 14.2. The summed E-state index contributed by atoms with van der Waals surface area (Å²) in [5, 5.41) is 0.653. The van der Waals surface area contributed by atoms with Crippen LogP contribution in [0.4, 0.5) is 0 Å². The molecule has 2 aliphatic heterocycles. The van der Waals surface area contributed by atoms with Crippen molar-refractivity contribution < 1.29 is 4.74 Å². The number of nitrogens with zero attached hydrogens (tertiary/aromatic N) is 3. The summed E-state index contributed by atoms with van der Waals surface area (Å²) in [6.07, 6.45) is 3.40. The van der Waals surface area contributed by atoms with Gasteiger partial charge in [-0.1, -0.05) is 0 Å². The molecule has 2 atom stereocenters. The van der Waals surface area contributed by atoms with Crippen molar-refractivity contribution in [2.45, 2.75) is 38.1 Å². The van der Waals surface area contributed by atoms with Gasteiger partial charge in [-0.2, -0.15) is 11.8 Å². The summed E-state index contributed by atoms with van der Waals surface area (Å²) in [5.41, 5.74) is 2.55. The summed E-state index contributed by atoms with van der Waals surface area (Å²) in [6.45, 7) is 8.34. The highest BCUT2D eigenvalue weighted by atomic mass is 32.2. The molecule has 2 unspecified atom stereocenters. The maximum absolute atomic E-state index is 5.66. The first-order chi connectivity index (χ1) is 10.2. The second-order valence-electron chi connectivity index (χ2n) is 5.95. The lowest BCUT2D eigenvalue weighted by molar-refractivity contribution is 0.0346. The smallest absolute Gasteiger partial charge is 0.194 e. The second-order valence-corrected chi connectivity index (χ2v) is 8.51. The Morgan fingerprint density at radius 3 is 3.24 bits per heavy atom. The minimum absolute atomic E-state index is 0.653. The zero-order valence-electron chi connectivity index (χ0n) is 12.5. The van der Waals surface area contributed by atoms with Gasteiger partial charge in [0.05, 0.1) is 18.0 Å². The van der Waals surface area contributed by atoms with Crippen LogP contribution < -0.4 is 0 Å². The van der Waals surface area contributed by atoms with E-state index in [0.29, 0.717) is 11.3 Å². The topological polar surface area (TPSA) is 29.8 Å². The third kappa shape index (κ3) is 2.52. The number of thiazole rings is 1. The molecule has 2 saturated heterocycles. The summed E-state index contributed by atoms with van der Waals surface area (Å²) >= 11 is 3.87. The van der Waals surface area contributed by atoms with Gasteiger partial charge in [-0.25, -0.2) is 4.98 Å². The normalized spacial score (nSPS) is 27.1. The van der Waals surface area contributed by atoms with Gasteiger partial charge in [0.15, 0.2) is 4.96 Å². The number of rotatable bonds is 2. The summed E-state index contributed by atoms with van der Waals surface area (Å²) in [4.78, 5) is 9.85. The third-order valence-electron chi connectivity index (χ3n) is 4.54. The van der Waals surface area contributed by atoms with Gasteiger partial charge in [0, 0.05) is 47.8 Å². The Morgan fingerprint density at radius 2 is 2.33 bits per heavy atom. The van der Waals surface area contributed by atoms with Crippen LogP contribution in [0.1, 0.15) is 22.7 Å². The van der Waals surface area contributed by atoms with Crippen LogP contribution in [0.2, 0.25) is 0 Å². The molecule has 0 aliphatic carbocycles. The molecule has 4 nitrogen and oxygen atoms in total. The third-order valence-corrected chi connectivity index (χ3v) is 6.74. The van der Waals surface area contributed by atoms with Gasteiger partial charge in [0.2, 0.25) is 0 Å². The Bertz CT molecular complexity index is 649. The molecule has 0 aromatic carbocycles. The molecule has 0 radical (unpaired) electrons. The maximum atomic E-state index is 5.66. The van der Waals surface area contributed by atoms with Gasteiger partial charge >= 0.3 is 0 Å². The monoisotopic (exact) mass is 323 g/mol. The number of aromatic nitrogens is 2. The SMILES string of the molecule is Cc1cn2c(CN3CCSC4COCCC43)c(C)nc2s1. The Hall–Kier alpha value is -0.560. The van der Waals surface area contributed by atoms with E-state index in [4.69, 9.17) is 9.72 Å². The van der Waals surface area contributed by atoms with Crippen molar-refractivity contribution in [3.8, 4) is 0 Å². The minimum atomic E-state index is 0.653. The number of thioether (sulfide) groups is 1. The van der Waals surface area contributed by atoms with E-state index >= 15 is 0 Å². The molecule has 4 heterocycles. The molecule has 2 fully saturated rings. The van der Waals surface area contributed by atoms with Crippen molar-refractivity contribution >= 4 is 28.1 Å². The molecular formula is C15H21N3OS2. The molecule has 2 aromatic heterocycles. The highest BCUT2D eigenvalue weighted by molar-refractivity contribution is 8.00. The van der Waals surface area contributed by atoms with Crippen LogP contribution in [-0.2, 0) is 11.3 Å². The molecule has 2 aromatic rings. The Morgan fingerprint density at radius 1 is 1.43 bits per heavy atom. The minimum Gasteiger partial charge on any atom is -0.380 e. The fourth-order valence-electron chi connectivity index (χ4n) is 3.45. The van der Waals surface area contributed by atoms with Gasteiger partial charge in [-0.05, 0) is 20.3 Å². The second kappa shape index (κ2) is 5.57. The standard InChI is InChI=1S/C15H21N3OS2/c1-10-7-18-13(11(2)16-15(18)21-10)8-17-4-6-20-14-9-19-5-3-12(14)17/h7,12,14H,3-6,8-9H2,1-2H3. The van der Waals surface area contributed by atoms with E-state index in [-0.39, 0.29) is 0 Å². The summed E-state index contributed by atoms with van der Waals surface area (Å²) in [5.74, 6) is 1.22. The molecule has 6 heteroatoms. The average Bonchev–Trinajstić information content (AvgIpc) is 2.97. The van der Waals surface area contributed by atoms with Crippen LogP contribution in [0.25, 0.3) is 4.96 Å². The van der Waals surface area contributed by atoms with E-state index in [1.807, 2.05) is 0 Å². The predicted octanol–water partition coefficient (Wildman–Crippen LogP) is 2.72. The number of imidazole rings is 1. The Labute approximate surface area is 133 Å². The predicted molar refractivity (Wildman–Crippen MR) is 88.4 cm³/mol. The molecule has 4 rings (SSSR count). The Balaban J connectivity index is 1.62. The van der Waals surface area contributed by atoms with Gasteiger partial charge in [0.25, 0.3) is 0 Å².